The SMILES string of the molecule is CC(C)(C)c1cc(CO)cc(Cl)c1F. The van der Waals surface area contributed by atoms with Gasteiger partial charge < -0.3 is 5.11 Å². The Bertz CT molecular complexity index is 342. The van der Waals surface area contributed by atoms with Gasteiger partial charge in [0, 0.05) is 0 Å². The molecule has 0 fully saturated rings. The molecule has 0 spiro atoms. The molecule has 0 aliphatic carbocycles. The van der Waals surface area contributed by atoms with E-state index >= 15 is 0 Å². The van der Waals surface area contributed by atoms with Crippen LogP contribution < -0.4 is 0 Å². The van der Waals surface area contributed by atoms with Crippen molar-refractivity contribution < 1.29 is 9.50 Å². The third-order valence-electron chi connectivity index (χ3n) is 2.08. The minimum absolute atomic E-state index is 0.0708. The van der Waals surface area contributed by atoms with Gasteiger partial charge in [0.25, 0.3) is 0 Å². The van der Waals surface area contributed by atoms with E-state index in [0.29, 0.717) is 11.1 Å². The van der Waals surface area contributed by atoms with Gasteiger partial charge in [0.15, 0.2) is 0 Å². The summed E-state index contributed by atoms with van der Waals surface area (Å²) in [5.74, 6) is -0.392. The van der Waals surface area contributed by atoms with E-state index in [0.717, 1.165) is 0 Å². The first kappa shape index (κ1) is 11.5. The first-order chi connectivity index (χ1) is 6.36. The van der Waals surface area contributed by atoms with Gasteiger partial charge in [-0.05, 0) is 28.7 Å². The van der Waals surface area contributed by atoms with Gasteiger partial charge >= 0.3 is 0 Å². The van der Waals surface area contributed by atoms with Gasteiger partial charge in [0.05, 0.1) is 11.6 Å². The summed E-state index contributed by atoms with van der Waals surface area (Å²) >= 11 is 5.72. The molecule has 0 unspecified atom stereocenters. The molecule has 1 nitrogen and oxygen atoms in total. The Labute approximate surface area is 88.5 Å². The third kappa shape index (κ3) is 2.25. The summed E-state index contributed by atoms with van der Waals surface area (Å²) < 4.78 is 13.6. The van der Waals surface area contributed by atoms with Crippen molar-refractivity contribution in [1.29, 1.82) is 0 Å². The Morgan fingerprint density at radius 3 is 2.36 bits per heavy atom. The Kier molecular flexibility index (Phi) is 3.17. The second kappa shape index (κ2) is 3.87. The van der Waals surface area contributed by atoms with Crippen LogP contribution in [0.1, 0.15) is 31.9 Å². The zero-order chi connectivity index (χ0) is 10.9. The molecule has 1 aromatic rings. The zero-order valence-electron chi connectivity index (χ0n) is 8.56. The maximum absolute atomic E-state index is 13.6. The largest absolute Gasteiger partial charge is 0.392 e. The maximum Gasteiger partial charge on any atom is 0.145 e. The van der Waals surface area contributed by atoms with Crippen LogP contribution in [-0.4, -0.2) is 5.11 Å². The zero-order valence-corrected chi connectivity index (χ0v) is 9.32. The molecule has 0 aliphatic rings. The van der Waals surface area contributed by atoms with Crippen LogP contribution in [0.4, 0.5) is 4.39 Å². The predicted molar refractivity (Wildman–Crippen MR) is 56.0 cm³/mol. The molecule has 0 saturated carbocycles. The molecule has 1 rings (SSSR count). The molecule has 0 aromatic heterocycles. The molecule has 0 aliphatic heterocycles. The highest BCUT2D eigenvalue weighted by Gasteiger charge is 2.20. The summed E-state index contributed by atoms with van der Waals surface area (Å²) in [6.45, 7) is 5.60. The molecular weight excluding hydrogens is 203 g/mol. The Balaban J connectivity index is 3.35. The number of halogens is 2. The molecule has 0 saturated heterocycles. The van der Waals surface area contributed by atoms with Crippen molar-refractivity contribution in [2.75, 3.05) is 0 Å². The number of benzene rings is 1. The molecule has 0 bridgehead atoms. The standard InChI is InChI=1S/C11H14ClFO/c1-11(2,3)8-4-7(6-14)5-9(12)10(8)13/h4-5,14H,6H2,1-3H3. The Hall–Kier alpha value is -0.600. The van der Waals surface area contributed by atoms with Gasteiger partial charge in [0.1, 0.15) is 5.82 Å². The number of hydrogen-bond donors (Lipinski definition) is 1. The van der Waals surface area contributed by atoms with Gasteiger partial charge in [-0.15, -0.1) is 0 Å². The maximum atomic E-state index is 13.6. The lowest BCUT2D eigenvalue weighted by Gasteiger charge is -2.21. The lowest BCUT2D eigenvalue weighted by Crippen LogP contribution is -2.14. The quantitative estimate of drug-likeness (QED) is 0.764. The second-order valence-corrected chi connectivity index (χ2v) is 4.75. The fourth-order valence-electron chi connectivity index (χ4n) is 1.28. The van der Waals surface area contributed by atoms with E-state index < -0.39 is 5.82 Å². The van der Waals surface area contributed by atoms with Crippen LogP contribution in [0, 0.1) is 5.82 Å². The molecular formula is C11H14ClFO. The van der Waals surface area contributed by atoms with E-state index in [1.54, 1.807) is 6.07 Å². The van der Waals surface area contributed by atoms with Crippen LogP contribution in [0.15, 0.2) is 12.1 Å². The molecule has 0 heterocycles. The van der Waals surface area contributed by atoms with Crippen LogP contribution >= 0.6 is 11.6 Å². The molecule has 0 radical (unpaired) electrons. The van der Waals surface area contributed by atoms with Crippen molar-refractivity contribution in [2.45, 2.75) is 32.8 Å². The summed E-state index contributed by atoms with van der Waals surface area (Å²) in [4.78, 5) is 0. The molecule has 0 amide bonds. The van der Waals surface area contributed by atoms with E-state index in [1.807, 2.05) is 20.8 Å². The fourth-order valence-corrected chi connectivity index (χ4v) is 1.52. The van der Waals surface area contributed by atoms with Gasteiger partial charge in [-0.3, -0.25) is 0 Å². The molecule has 0 atom stereocenters. The average Bonchev–Trinajstić information content (AvgIpc) is 2.07. The van der Waals surface area contributed by atoms with Gasteiger partial charge in [-0.25, -0.2) is 4.39 Å². The molecule has 1 N–H and O–H groups in total. The fraction of sp³-hybridized carbons (Fsp3) is 0.455. The van der Waals surface area contributed by atoms with Crippen molar-refractivity contribution >= 4 is 11.6 Å². The van der Waals surface area contributed by atoms with Crippen molar-refractivity contribution in [1.82, 2.24) is 0 Å². The van der Waals surface area contributed by atoms with Crippen molar-refractivity contribution in [3.63, 3.8) is 0 Å². The molecule has 78 valence electrons. The van der Waals surface area contributed by atoms with Gasteiger partial charge in [0.2, 0.25) is 0 Å². The highest BCUT2D eigenvalue weighted by molar-refractivity contribution is 6.30. The highest BCUT2D eigenvalue weighted by Crippen LogP contribution is 2.30. The van der Waals surface area contributed by atoms with Gasteiger partial charge in [-0.2, -0.15) is 0 Å². The molecule has 1 aromatic carbocycles. The smallest absolute Gasteiger partial charge is 0.145 e. The first-order valence-electron chi connectivity index (χ1n) is 4.45. The number of aliphatic hydroxyl groups is 1. The summed E-state index contributed by atoms with van der Waals surface area (Å²) in [6, 6.07) is 3.10. The molecule has 14 heavy (non-hydrogen) atoms. The van der Waals surface area contributed by atoms with E-state index in [4.69, 9.17) is 16.7 Å². The lowest BCUT2D eigenvalue weighted by atomic mass is 9.86. The summed E-state index contributed by atoms with van der Waals surface area (Å²) in [6.07, 6.45) is 0. The Morgan fingerprint density at radius 2 is 1.93 bits per heavy atom. The van der Waals surface area contributed by atoms with E-state index in [1.165, 1.54) is 6.07 Å². The van der Waals surface area contributed by atoms with Crippen molar-refractivity contribution in [3.8, 4) is 0 Å². The van der Waals surface area contributed by atoms with Crippen LogP contribution in [0.3, 0.4) is 0 Å². The van der Waals surface area contributed by atoms with Crippen LogP contribution in [0.25, 0.3) is 0 Å². The summed E-state index contributed by atoms with van der Waals surface area (Å²) in [7, 11) is 0. The van der Waals surface area contributed by atoms with Crippen molar-refractivity contribution in [2.24, 2.45) is 0 Å². The van der Waals surface area contributed by atoms with Crippen LogP contribution in [0.2, 0.25) is 5.02 Å². The predicted octanol–water partition coefficient (Wildman–Crippen LogP) is 3.27. The van der Waals surface area contributed by atoms with E-state index in [-0.39, 0.29) is 17.0 Å². The summed E-state index contributed by atoms with van der Waals surface area (Å²) in [5, 5.41) is 9.03. The van der Waals surface area contributed by atoms with Crippen LogP contribution in [-0.2, 0) is 12.0 Å². The minimum atomic E-state index is -0.392. The van der Waals surface area contributed by atoms with Crippen molar-refractivity contribution in [3.05, 3.63) is 34.1 Å². The second-order valence-electron chi connectivity index (χ2n) is 4.35. The normalized spacial score (nSPS) is 11.9. The van der Waals surface area contributed by atoms with Gasteiger partial charge in [-0.1, -0.05) is 32.4 Å². The average molecular weight is 217 g/mol. The number of hydrogen-bond acceptors (Lipinski definition) is 1. The minimum Gasteiger partial charge on any atom is -0.392 e. The molecule has 3 heteroatoms. The first-order valence-corrected chi connectivity index (χ1v) is 4.83. The number of aliphatic hydroxyl groups excluding tert-OH is 1. The lowest BCUT2D eigenvalue weighted by molar-refractivity contribution is 0.281. The monoisotopic (exact) mass is 216 g/mol. The van der Waals surface area contributed by atoms with Crippen LogP contribution in [0.5, 0.6) is 0 Å². The van der Waals surface area contributed by atoms with E-state index in [9.17, 15) is 4.39 Å². The summed E-state index contributed by atoms with van der Waals surface area (Å²) in [5.41, 5.74) is 0.870. The number of rotatable bonds is 1. The third-order valence-corrected chi connectivity index (χ3v) is 2.35. The Morgan fingerprint density at radius 1 is 1.36 bits per heavy atom. The highest BCUT2D eigenvalue weighted by atomic mass is 35.5. The van der Waals surface area contributed by atoms with E-state index in [2.05, 4.69) is 0 Å². The topological polar surface area (TPSA) is 20.2 Å².